The van der Waals surface area contributed by atoms with Crippen LogP contribution < -0.4 is 0 Å². The number of rotatable bonds is 3. The van der Waals surface area contributed by atoms with Gasteiger partial charge in [-0.15, -0.1) is 0 Å². The summed E-state index contributed by atoms with van der Waals surface area (Å²) in [5.74, 6) is 0. The van der Waals surface area contributed by atoms with Crippen LogP contribution in [0.4, 0.5) is 0 Å². The van der Waals surface area contributed by atoms with Gasteiger partial charge in [0.05, 0.1) is 26.0 Å². The minimum absolute atomic E-state index is 0.128. The van der Waals surface area contributed by atoms with Gasteiger partial charge in [0.1, 0.15) is 11.2 Å². The predicted molar refractivity (Wildman–Crippen MR) is 183 cm³/mol. The number of benzene rings is 8. The van der Waals surface area contributed by atoms with Crippen LogP contribution in [0.5, 0.6) is 0 Å². The summed E-state index contributed by atoms with van der Waals surface area (Å²) in [4.78, 5) is 0. The molecule has 9 aromatic rings. The van der Waals surface area contributed by atoms with E-state index in [1.807, 2.05) is 12.1 Å². The van der Waals surface area contributed by atoms with Gasteiger partial charge in [-0.05, 0) is 83.9 Å². The third-order valence-electron chi connectivity index (χ3n) is 7.54. The fraction of sp³-hybridized carbons (Fsp3) is 0. The van der Waals surface area contributed by atoms with E-state index >= 15 is 0 Å². The molecule has 0 aliphatic rings. The molecule has 0 aliphatic carbocycles. The molecule has 0 unspecified atom stereocenters. The van der Waals surface area contributed by atoms with Crippen molar-refractivity contribution in [3.63, 3.8) is 0 Å². The van der Waals surface area contributed by atoms with Gasteiger partial charge in [0.2, 0.25) is 0 Å². The van der Waals surface area contributed by atoms with Crippen LogP contribution in [-0.2, 0) is 0 Å². The molecule has 8 aromatic carbocycles. The summed E-state index contributed by atoms with van der Waals surface area (Å²) in [7, 11) is 0. The molecule has 1 nitrogen and oxygen atoms in total. The Kier molecular flexibility index (Phi) is 2.61. The number of hydrogen-bond acceptors (Lipinski definition) is 1. The molecule has 1 aromatic heterocycles. The van der Waals surface area contributed by atoms with E-state index in [0.717, 1.165) is 5.39 Å². The Hall–Kier alpha value is -5.66. The molecule has 0 radical (unpaired) electrons. The van der Waals surface area contributed by atoms with Gasteiger partial charge in [0.25, 0.3) is 0 Å². The van der Waals surface area contributed by atoms with Gasteiger partial charge in [0, 0.05) is 10.8 Å². The Morgan fingerprint density at radius 3 is 1.60 bits per heavy atom. The fourth-order valence-corrected chi connectivity index (χ4v) is 5.72. The maximum Gasteiger partial charge on any atom is 0.136 e. The van der Waals surface area contributed by atoms with E-state index in [-0.39, 0.29) is 16.5 Å². The lowest BCUT2D eigenvalue weighted by Crippen LogP contribution is -1.92. The summed E-state index contributed by atoms with van der Waals surface area (Å²) >= 11 is 0. The maximum atomic E-state index is 9.73. The maximum absolute atomic E-state index is 9.73. The summed E-state index contributed by atoms with van der Waals surface area (Å²) in [5.41, 5.74) is -1.28. The van der Waals surface area contributed by atoms with Crippen molar-refractivity contribution in [3.8, 4) is 33.4 Å². The highest BCUT2D eigenvalue weighted by atomic mass is 16.3. The largest absolute Gasteiger partial charge is 0.456 e. The number of hydrogen-bond donors (Lipinski definition) is 0. The van der Waals surface area contributed by atoms with Crippen molar-refractivity contribution in [3.05, 3.63) is 157 Å². The lowest BCUT2D eigenvalue weighted by molar-refractivity contribution is 0.669. The molecular formula is C42H26O. The molecule has 0 atom stereocenters. The fourth-order valence-electron chi connectivity index (χ4n) is 5.72. The first kappa shape index (κ1) is 11.9. The van der Waals surface area contributed by atoms with Gasteiger partial charge in [-0.1, -0.05) is 139 Å². The summed E-state index contributed by atoms with van der Waals surface area (Å²) in [6, 6.07) is -3.24. The van der Waals surface area contributed by atoms with Crippen molar-refractivity contribution in [1.82, 2.24) is 0 Å². The summed E-state index contributed by atoms with van der Waals surface area (Å²) in [6.45, 7) is 0. The monoisotopic (exact) mass is 565 g/mol. The van der Waals surface area contributed by atoms with Crippen LogP contribution in [0, 0.1) is 0 Å². The summed E-state index contributed by atoms with van der Waals surface area (Å²) in [5, 5.41) is -1.49. The predicted octanol–water partition coefficient (Wildman–Crippen LogP) is 12.0. The summed E-state index contributed by atoms with van der Waals surface area (Å²) < 4.78 is 177. The second kappa shape index (κ2) is 9.44. The zero-order chi connectivity index (χ0) is 44.9. The normalized spacial score (nSPS) is 17.9. The molecule has 0 bridgehead atoms. The van der Waals surface area contributed by atoms with Crippen LogP contribution >= 0.6 is 0 Å². The van der Waals surface area contributed by atoms with Crippen LogP contribution in [-0.4, -0.2) is 0 Å². The minimum Gasteiger partial charge on any atom is -0.456 e. The van der Waals surface area contributed by atoms with E-state index < -0.39 is 164 Å². The van der Waals surface area contributed by atoms with E-state index in [0.29, 0.717) is 16.6 Å². The Balaban J connectivity index is 1.60. The topological polar surface area (TPSA) is 13.1 Å². The van der Waals surface area contributed by atoms with Crippen LogP contribution in [0.3, 0.4) is 0 Å². The standard InChI is InChI=1S/C42H26O/c1-2-12-27(13-3-1)41-34-17-6-8-19-36(34)42(37-20-9-7-18-35(37)41)38-25-24-29(30-14-4-5-15-31(30)38)28-22-23-33-32-16-10-11-21-39(32)43-40(33)26-28/h1-26H/i1D,2D,3D,4D,5D,6D,7D,8D,9D,12D,13D,14D,15D,17D,18D,19D,20D,24D,25D. The Morgan fingerprint density at radius 1 is 0.372 bits per heavy atom. The number of fused-ring (bicyclic) bond motifs is 6. The van der Waals surface area contributed by atoms with Crippen LogP contribution in [0.25, 0.3) is 87.6 Å². The average Bonchev–Trinajstić information content (AvgIpc) is 3.64. The molecule has 0 N–H and O–H groups in total. The smallest absolute Gasteiger partial charge is 0.136 e. The Labute approximate surface area is 275 Å². The molecule has 0 saturated heterocycles. The molecular weight excluding hydrogens is 520 g/mol. The summed E-state index contributed by atoms with van der Waals surface area (Å²) in [6.07, 6.45) is 0. The third kappa shape index (κ3) is 3.65. The molecule has 0 spiro atoms. The van der Waals surface area contributed by atoms with E-state index in [9.17, 15) is 11.0 Å². The van der Waals surface area contributed by atoms with E-state index in [4.69, 9.17) is 19.5 Å². The van der Waals surface area contributed by atoms with E-state index in [2.05, 4.69) is 0 Å². The second-order valence-corrected chi connectivity index (χ2v) is 9.81. The molecule has 1 heterocycles. The Bertz CT molecular complexity index is 3460. The molecule has 0 aliphatic heterocycles. The average molecular weight is 566 g/mol. The van der Waals surface area contributed by atoms with Gasteiger partial charge in [-0.25, -0.2) is 0 Å². The Morgan fingerprint density at radius 2 is 0.907 bits per heavy atom. The third-order valence-corrected chi connectivity index (χ3v) is 7.54. The number of para-hydroxylation sites is 1. The molecule has 9 rings (SSSR count). The van der Waals surface area contributed by atoms with Crippen molar-refractivity contribution in [2.75, 3.05) is 0 Å². The first-order chi connectivity index (χ1) is 29.2. The van der Waals surface area contributed by atoms with Crippen LogP contribution in [0.2, 0.25) is 0 Å². The highest BCUT2D eigenvalue weighted by Crippen LogP contribution is 2.46. The quantitative estimate of drug-likeness (QED) is 0.194. The van der Waals surface area contributed by atoms with Crippen molar-refractivity contribution in [2.24, 2.45) is 0 Å². The second-order valence-electron chi connectivity index (χ2n) is 9.81. The zero-order valence-corrected chi connectivity index (χ0v) is 21.9. The van der Waals surface area contributed by atoms with Gasteiger partial charge >= 0.3 is 0 Å². The SMILES string of the molecule is [2H]c1c([2H])c([2H])c(-c2c3c([2H])c([2H])c([2H])c([2H])c3c(-c3c([2H])c([2H])c(-c4ccc5c(c4)oc4ccccc45)c4c([2H])c([2H])c([2H])c([2H])c34)c3c([2H])c([2H])c([2H])c([2H])c23)c([2H])c1[2H]. The highest BCUT2D eigenvalue weighted by molar-refractivity contribution is 6.24. The molecule has 200 valence electrons. The van der Waals surface area contributed by atoms with Gasteiger partial charge in [-0.3, -0.25) is 0 Å². The minimum atomic E-state index is -0.865. The first-order valence-electron chi connectivity index (χ1n) is 22.7. The van der Waals surface area contributed by atoms with Gasteiger partial charge in [-0.2, -0.15) is 0 Å². The first-order valence-corrected chi connectivity index (χ1v) is 13.2. The number of furan rings is 1. The van der Waals surface area contributed by atoms with Crippen molar-refractivity contribution in [1.29, 1.82) is 0 Å². The van der Waals surface area contributed by atoms with Gasteiger partial charge < -0.3 is 4.42 Å². The van der Waals surface area contributed by atoms with E-state index in [1.54, 1.807) is 30.3 Å². The van der Waals surface area contributed by atoms with Crippen molar-refractivity contribution >= 4 is 54.3 Å². The molecule has 0 fully saturated rings. The zero-order valence-electron chi connectivity index (χ0n) is 40.9. The lowest BCUT2D eigenvalue weighted by Gasteiger charge is -2.19. The molecule has 43 heavy (non-hydrogen) atoms. The van der Waals surface area contributed by atoms with E-state index in [1.165, 1.54) is 0 Å². The van der Waals surface area contributed by atoms with Crippen molar-refractivity contribution < 1.29 is 30.5 Å². The molecule has 0 amide bonds. The highest BCUT2D eigenvalue weighted by Gasteiger charge is 2.19. The molecule has 0 saturated carbocycles. The van der Waals surface area contributed by atoms with Crippen molar-refractivity contribution in [2.45, 2.75) is 0 Å². The molecule has 1 heteroatoms. The van der Waals surface area contributed by atoms with Gasteiger partial charge in [0.15, 0.2) is 0 Å². The van der Waals surface area contributed by atoms with Crippen LogP contribution in [0.15, 0.2) is 162 Å². The van der Waals surface area contributed by atoms with Crippen LogP contribution in [0.1, 0.15) is 26.0 Å². The lowest BCUT2D eigenvalue weighted by atomic mass is 9.84.